The average molecular weight is 360 g/mol. The van der Waals surface area contributed by atoms with E-state index in [1.807, 2.05) is 6.92 Å². The number of ketones is 1. The van der Waals surface area contributed by atoms with Crippen LogP contribution in [-0.2, 0) is 19.6 Å². The molecule has 1 aliphatic carbocycles. The highest BCUT2D eigenvalue weighted by molar-refractivity contribution is 7.90. The highest BCUT2D eigenvalue weighted by Crippen LogP contribution is 2.43. The first kappa shape index (κ1) is 21.1. The van der Waals surface area contributed by atoms with Gasteiger partial charge in [-0.05, 0) is 30.6 Å². The zero-order valence-corrected chi connectivity index (χ0v) is 17.0. The second-order valence-electron chi connectivity index (χ2n) is 9.22. The molecule has 0 saturated heterocycles. The number of hydrogen-bond acceptors (Lipinski definition) is 4. The lowest BCUT2D eigenvalue weighted by Gasteiger charge is -2.40. The number of amides is 1. The molecule has 24 heavy (non-hydrogen) atoms. The molecule has 0 aromatic rings. The first-order valence-electron chi connectivity index (χ1n) is 8.71. The van der Waals surface area contributed by atoms with Gasteiger partial charge in [-0.1, -0.05) is 48.5 Å². The van der Waals surface area contributed by atoms with E-state index in [0.29, 0.717) is 19.3 Å². The van der Waals surface area contributed by atoms with E-state index in [2.05, 4.69) is 25.5 Å². The lowest BCUT2D eigenvalue weighted by molar-refractivity contribution is -0.132. The molecule has 1 amide bonds. The van der Waals surface area contributed by atoms with Crippen LogP contribution in [0.25, 0.3) is 0 Å². The molecule has 0 bridgehead atoms. The molecule has 0 heterocycles. The number of sulfonamides is 1. The molecule has 1 saturated carbocycles. The van der Waals surface area contributed by atoms with Crippen LogP contribution < -0.4 is 4.72 Å². The first-order valence-corrected chi connectivity index (χ1v) is 10.4. The second-order valence-corrected chi connectivity index (χ2v) is 10.9. The summed E-state index contributed by atoms with van der Waals surface area (Å²) in [6, 6.07) is 0. The van der Waals surface area contributed by atoms with Crippen LogP contribution in [0.2, 0.25) is 0 Å². The molecule has 0 radical (unpaired) electrons. The van der Waals surface area contributed by atoms with Crippen molar-refractivity contribution in [2.45, 2.75) is 74.1 Å². The Labute approximate surface area is 147 Å². The molecular formula is C18H33NO4S. The van der Waals surface area contributed by atoms with Gasteiger partial charge in [-0.3, -0.25) is 14.3 Å². The molecule has 0 aliphatic heterocycles. The van der Waals surface area contributed by atoms with Gasteiger partial charge in [-0.15, -0.1) is 0 Å². The SMILES string of the molecule is CCC(C)(C)C(=O)NS(=O)(=O)CC1(C)CCC(C(C)(C)C)CC1=O. The van der Waals surface area contributed by atoms with Gasteiger partial charge in [0.15, 0.2) is 0 Å². The summed E-state index contributed by atoms with van der Waals surface area (Å²) in [7, 11) is -3.84. The fraction of sp³-hybridized carbons (Fsp3) is 0.889. The largest absolute Gasteiger partial charge is 0.299 e. The van der Waals surface area contributed by atoms with Crippen molar-refractivity contribution in [1.82, 2.24) is 4.72 Å². The fourth-order valence-electron chi connectivity index (χ4n) is 2.99. The minimum absolute atomic E-state index is 0.0127. The van der Waals surface area contributed by atoms with E-state index in [9.17, 15) is 18.0 Å². The summed E-state index contributed by atoms with van der Waals surface area (Å²) >= 11 is 0. The maximum atomic E-state index is 12.6. The van der Waals surface area contributed by atoms with E-state index >= 15 is 0 Å². The lowest BCUT2D eigenvalue weighted by Crippen LogP contribution is -2.48. The van der Waals surface area contributed by atoms with Crippen LogP contribution in [0.1, 0.15) is 74.1 Å². The summed E-state index contributed by atoms with van der Waals surface area (Å²) in [6.07, 6.45) is 2.32. The third-order valence-corrected chi connectivity index (χ3v) is 7.14. The number of rotatable bonds is 5. The third-order valence-electron chi connectivity index (χ3n) is 5.63. The van der Waals surface area contributed by atoms with Crippen molar-refractivity contribution in [3.8, 4) is 0 Å². The van der Waals surface area contributed by atoms with Gasteiger partial charge in [0.2, 0.25) is 15.9 Å². The molecule has 6 heteroatoms. The topological polar surface area (TPSA) is 80.3 Å². The summed E-state index contributed by atoms with van der Waals surface area (Å²) in [4.78, 5) is 24.8. The van der Waals surface area contributed by atoms with E-state index in [1.54, 1.807) is 20.8 Å². The van der Waals surface area contributed by atoms with Crippen molar-refractivity contribution in [1.29, 1.82) is 0 Å². The predicted octanol–water partition coefficient (Wildman–Crippen LogP) is 3.29. The Hall–Kier alpha value is -0.910. The predicted molar refractivity (Wildman–Crippen MR) is 95.9 cm³/mol. The molecule has 0 spiro atoms. The number of Topliss-reactive ketones (excluding diaryl/α,β-unsaturated/α-hetero) is 1. The smallest absolute Gasteiger partial charge is 0.239 e. The number of carbonyl (C=O) groups excluding carboxylic acids is 2. The summed E-state index contributed by atoms with van der Waals surface area (Å²) in [6.45, 7) is 13.3. The van der Waals surface area contributed by atoms with Gasteiger partial charge in [-0.25, -0.2) is 8.42 Å². The third kappa shape index (κ3) is 5.04. The van der Waals surface area contributed by atoms with E-state index in [4.69, 9.17) is 0 Å². The molecule has 1 N–H and O–H groups in total. The van der Waals surface area contributed by atoms with Gasteiger partial charge in [0.05, 0.1) is 5.75 Å². The van der Waals surface area contributed by atoms with Gasteiger partial charge in [0, 0.05) is 17.3 Å². The van der Waals surface area contributed by atoms with Gasteiger partial charge in [-0.2, -0.15) is 0 Å². The Balaban J connectivity index is 2.84. The molecular weight excluding hydrogens is 326 g/mol. The molecule has 140 valence electrons. The molecule has 2 atom stereocenters. The molecule has 1 fully saturated rings. The normalized spacial score (nSPS) is 26.3. The van der Waals surface area contributed by atoms with Crippen LogP contribution in [-0.4, -0.2) is 25.9 Å². The minimum atomic E-state index is -3.84. The highest BCUT2D eigenvalue weighted by atomic mass is 32.2. The van der Waals surface area contributed by atoms with E-state index in [0.717, 1.165) is 6.42 Å². The average Bonchev–Trinajstić information content (AvgIpc) is 2.39. The number of carbonyl (C=O) groups is 2. The van der Waals surface area contributed by atoms with E-state index < -0.39 is 26.8 Å². The summed E-state index contributed by atoms with van der Waals surface area (Å²) in [5.74, 6) is -0.568. The molecule has 0 aromatic heterocycles. The van der Waals surface area contributed by atoms with Crippen LogP contribution in [0.3, 0.4) is 0 Å². The lowest BCUT2D eigenvalue weighted by atomic mass is 9.65. The van der Waals surface area contributed by atoms with Gasteiger partial charge < -0.3 is 0 Å². The van der Waals surface area contributed by atoms with Gasteiger partial charge in [0.1, 0.15) is 5.78 Å². The van der Waals surface area contributed by atoms with E-state index in [1.165, 1.54) is 0 Å². The zero-order valence-electron chi connectivity index (χ0n) is 16.2. The van der Waals surface area contributed by atoms with Crippen LogP contribution in [0.5, 0.6) is 0 Å². The van der Waals surface area contributed by atoms with Crippen LogP contribution in [0.4, 0.5) is 0 Å². The Morgan fingerprint density at radius 1 is 1.25 bits per heavy atom. The maximum Gasteiger partial charge on any atom is 0.239 e. The summed E-state index contributed by atoms with van der Waals surface area (Å²) in [5.41, 5.74) is -1.62. The molecule has 1 aliphatic rings. The summed E-state index contributed by atoms with van der Waals surface area (Å²) < 4.78 is 27.0. The van der Waals surface area contributed by atoms with Gasteiger partial charge in [0.25, 0.3) is 0 Å². The van der Waals surface area contributed by atoms with Crippen LogP contribution in [0.15, 0.2) is 0 Å². The van der Waals surface area contributed by atoms with E-state index in [-0.39, 0.29) is 22.9 Å². The fourth-order valence-corrected chi connectivity index (χ4v) is 4.77. The zero-order chi connectivity index (χ0) is 19.0. The minimum Gasteiger partial charge on any atom is -0.299 e. The van der Waals surface area contributed by atoms with Crippen molar-refractivity contribution in [2.75, 3.05) is 5.75 Å². The Bertz CT molecular complexity index is 601. The molecule has 2 unspecified atom stereocenters. The monoisotopic (exact) mass is 359 g/mol. The van der Waals surface area contributed by atoms with Crippen molar-refractivity contribution in [2.24, 2.45) is 22.2 Å². The Morgan fingerprint density at radius 3 is 2.21 bits per heavy atom. The molecule has 0 aromatic carbocycles. The van der Waals surface area contributed by atoms with Crippen molar-refractivity contribution < 1.29 is 18.0 Å². The van der Waals surface area contributed by atoms with Crippen LogP contribution in [0, 0.1) is 22.2 Å². The quantitative estimate of drug-likeness (QED) is 0.817. The van der Waals surface area contributed by atoms with Gasteiger partial charge >= 0.3 is 0 Å². The summed E-state index contributed by atoms with van der Waals surface area (Å²) in [5, 5.41) is 0. The molecule has 5 nitrogen and oxygen atoms in total. The van der Waals surface area contributed by atoms with Crippen molar-refractivity contribution in [3.63, 3.8) is 0 Å². The molecule has 1 rings (SSSR count). The number of hydrogen-bond donors (Lipinski definition) is 1. The highest BCUT2D eigenvalue weighted by Gasteiger charge is 2.45. The Kier molecular flexibility index (Phi) is 5.96. The Morgan fingerprint density at radius 2 is 1.79 bits per heavy atom. The maximum absolute atomic E-state index is 12.6. The standard InChI is InChI=1S/C18H33NO4S/c1-8-17(5,6)15(21)19-24(22,23)12-18(7)10-9-13(11-14(18)20)16(2,3)4/h13H,8-12H2,1-7H3,(H,19,21). The first-order chi connectivity index (χ1) is 10.6. The number of nitrogens with one attached hydrogen (secondary N) is 1. The van der Waals surface area contributed by atoms with Crippen molar-refractivity contribution in [3.05, 3.63) is 0 Å². The van der Waals surface area contributed by atoms with Crippen LogP contribution >= 0.6 is 0 Å². The second kappa shape index (κ2) is 6.77. The van der Waals surface area contributed by atoms with Crippen molar-refractivity contribution >= 4 is 21.7 Å².